The highest BCUT2D eigenvalue weighted by Gasteiger charge is 2.32. The van der Waals surface area contributed by atoms with E-state index in [0.717, 1.165) is 41.0 Å². The molecule has 0 N–H and O–H groups in total. The molecule has 0 bridgehead atoms. The molecule has 20 heavy (non-hydrogen) atoms. The van der Waals surface area contributed by atoms with Crippen LogP contribution in [-0.2, 0) is 6.18 Å². The minimum Gasteiger partial charge on any atom is -0.344 e. The second-order valence-electron chi connectivity index (χ2n) is 4.93. The van der Waals surface area contributed by atoms with E-state index in [2.05, 4.69) is 6.92 Å². The maximum absolute atomic E-state index is 12.9. The van der Waals surface area contributed by atoms with Gasteiger partial charge in [-0.25, -0.2) is 0 Å². The molecule has 0 saturated heterocycles. The second kappa shape index (κ2) is 5.72. The lowest BCUT2D eigenvalue weighted by molar-refractivity contribution is -0.137. The zero-order valence-corrected chi connectivity index (χ0v) is 12.7. The number of fused-ring (bicyclic) bond motifs is 1. The summed E-state index contributed by atoms with van der Waals surface area (Å²) in [5, 5.41) is 0. The van der Waals surface area contributed by atoms with Gasteiger partial charge in [-0.2, -0.15) is 13.2 Å². The third kappa shape index (κ3) is 2.97. The Morgan fingerprint density at radius 1 is 1.20 bits per heavy atom. The van der Waals surface area contributed by atoms with Gasteiger partial charge < -0.3 is 4.90 Å². The highest BCUT2D eigenvalue weighted by atomic mass is 32.2. The molecule has 5 heteroatoms. The van der Waals surface area contributed by atoms with Crippen LogP contribution in [0.1, 0.15) is 39.2 Å². The van der Waals surface area contributed by atoms with Gasteiger partial charge in [-0.3, -0.25) is 0 Å². The van der Waals surface area contributed by atoms with Gasteiger partial charge in [0.2, 0.25) is 0 Å². The number of hydrogen-bond acceptors (Lipinski definition) is 2. The normalized spacial score (nSPS) is 15.6. The Balaban J connectivity index is 2.44. The van der Waals surface area contributed by atoms with E-state index in [1.165, 1.54) is 6.07 Å². The Morgan fingerprint density at radius 2 is 1.90 bits per heavy atom. The molecular formula is C15H18F3NS. The Labute approximate surface area is 121 Å². The van der Waals surface area contributed by atoms with E-state index < -0.39 is 11.7 Å². The van der Waals surface area contributed by atoms with E-state index in [4.69, 9.17) is 0 Å². The van der Waals surface area contributed by atoms with Crippen molar-refractivity contribution in [1.82, 2.24) is 0 Å². The van der Waals surface area contributed by atoms with Crippen LogP contribution >= 0.6 is 11.8 Å². The molecule has 0 saturated carbocycles. The number of anilines is 1. The lowest BCUT2D eigenvalue weighted by Crippen LogP contribution is -2.26. The van der Waals surface area contributed by atoms with Gasteiger partial charge in [0.1, 0.15) is 0 Å². The number of alkyl halides is 3. The number of thioether (sulfide) groups is 1. The van der Waals surface area contributed by atoms with Crippen LogP contribution in [0.25, 0.3) is 0 Å². The van der Waals surface area contributed by atoms with E-state index in [1.54, 1.807) is 17.8 Å². The van der Waals surface area contributed by atoms with E-state index in [0.29, 0.717) is 5.69 Å². The number of halogens is 3. The van der Waals surface area contributed by atoms with Gasteiger partial charge in [0, 0.05) is 22.0 Å². The highest BCUT2D eigenvalue weighted by molar-refractivity contribution is 8.03. The molecule has 1 nitrogen and oxygen atoms in total. The van der Waals surface area contributed by atoms with Crippen molar-refractivity contribution in [3.8, 4) is 0 Å². The summed E-state index contributed by atoms with van der Waals surface area (Å²) in [6, 6.07) is 4.02. The number of rotatable bonds is 3. The molecule has 0 spiro atoms. The largest absolute Gasteiger partial charge is 0.416 e. The minimum absolute atomic E-state index is 0.578. The monoisotopic (exact) mass is 301 g/mol. The van der Waals surface area contributed by atoms with Gasteiger partial charge in [0.05, 0.1) is 11.3 Å². The van der Waals surface area contributed by atoms with Crippen LogP contribution in [0, 0.1) is 0 Å². The highest BCUT2D eigenvalue weighted by Crippen LogP contribution is 2.45. The Bertz CT molecular complexity index is 534. The molecule has 0 fully saturated rings. The SMILES string of the molecule is CCCCN1C(C)=C(C)Sc2ccc(C(F)(F)F)cc21. The van der Waals surface area contributed by atoms with Gasteiger partial charge in [-0.15, -0.1) is 0 Å². The molecule has 0 aromatic heterocycles. The van der Waals surface area contributed by atoms with E-state index in [9.17, 15) is 13.2 Å². The number of unbranched alkanes of at least 4 members (excludes halogenated alkanes) is 1. The van der Waals surface area contributed by atoms with Crippen molar-refractivity contribution in [1.29, 1.82) is 0 Å². The van der Waals surface area contributed by atoms with E-state index in [-0.39, 0.29) is 0 Å². The maximum Gasteiger partial charge on any atom is 0.416 e. The van der Waals surface area contributed by atoms with E-state index >= 15 is 0 Å². The van der Waals surface area contributed by atoms with Crippen molar-refractivity contribution >= 4 is 17.4 Å². The van der Waals surface area contributed by atoms with Crippen molar-refractivity contribution in [3.63, 3.8) is 0 Å². The van der Waals surface area contributed by atoms with Crippen LogP contribution in [0.4, 0.5) is 18.9 Å². The average Bonchev–Trinajstić information content (AvgIpc) is 2.38. The van der Waals surface area contributed by atoms with Crippen molar-refractivity contribution in [2.24, 2.45) is 0 Å². The summed E-state index contributed by atoms with van der Waals surface area (Å²) >= 11 is 1.55. The molecule has 0 atom stereocenters. The van der Waals surface area contributed by atoms with Crippen molar-refractivity contribution in [2.45, 2.75) is 44.7 Å². The summed E-state index contributed by atoms with van der Waals surface area (Å²) < 4.78 is 38.6. The first-order chi connectivity index (χ1) is 9.34. The van der Waals surface area contributed by atoms with Crippen molar-refractivity contribution in [3.05, 3.63) is 34.4 Å². The first-order valence-corrected chi connectivity index (χ1v) is 7.50. The Morgan fingerprint density at radius 3 is 2.50 bits per heavy atom. The Hall–Kier alpha value is -1.10. The molecule has 110 valence electrons. The number of allylic oxidation sites excluding steroid dienone is 2. The summed E-state index contributed by atoms with van der Waals surface area (Å²) in [4.78, 5) is 4.06. The fourth-order valence-corrected chi connectivity index (χ4v) is 3.20. The average molecular weight is 301 g/mol. The molecule has 1 aromatic rings. The summed E-state index contributed by atoms with van der Waals surface area (Å²) in [5.74, 6) is 0. The summed E-state index contributed by atoms with van der Waals surface area (Å²) in [6.07, 6.45) is -2.31. The van der Waals surface area contributed by atoms with Gasteiger partial charge in [0.25, 0.3) is 0 Å². The summed E-state index contributed by atoms with van der Waals surface area (Å²) in [5.41, 5.74) is 1.15. The fourth-order valence-electron chi connectivity index (χ4n) is 2.20. The predicted octanol–water partition coefficient (Wildman–Crippen LogP) is 5.67. The van der Waals surface area contributed by atoms with E-state index in [1.807, 2.05) is 18.7 Å². The molecule has 2 rings (SSSR count). The number of benzene rings is 1. The number of hydrogen-bond donors (Lipinski definition) is 0. The zero-order chi connectivity index (χ0) is 14.9. The van der Waals surface area contributed by atoms with Gasteiger partial charge in [-0.1, -0.05) is 25.1 Å². The van der Waals surface area contributed by atoms with Gasteiger partial charge in [-0.05, 0) is 38.5 Å². The molecule has 1 aliphatic heterocycles. The second-order valence-corrected chi connectivity index (χ2v) is 6.19. The van der Waals surface area contributed by atoms with Crippen molar-refractivity contribution in [2.75, 3.05) is 11.4 Å². The van der Waals surface area contributed by atoms with Crippen molar-refractivity contribution < 1.29 is 13.2 Å². The predicted molar refractivity (Wildman–Crippen MR) is 77.9 cm³/mol. The van der Waals surface area contributed by atoms with Crippen LogP contribution in [0.15, 0.2) is 33.7 Å². The minimum atomic E-state index is -4.29. The van der Waals surface area contributed by atoms with Gasteiger partial charge in [0.15, 0.2) is 0 Å². The molecule has 0 amide bonds. The summed E-state index contributed by atoms with van der Waals surface area (Å²) in [6.45, 7) is 6.83. The quantitative estimate of drug-likeness (QED) is 0.707. The molecule has 1 heterocycles. The lowest BCUT2D eigenvalue weighted by Gasteiger charge is -2.33. The third-order valence-electron chi connectivity index (χ3n) is 3.49. The third-order valence-corrected chi connectivity index (χ3v) is 4.66. The topological polar surface area (TPSA) is 3.24 Å². The van der Waals surface area contributed by atoms with Crippen LogP contribution in [0.2, 0.25) is 0 Å². The molecule has 0 aliphatic carbocycles. The van der Waals surface area contributed by atoms with Crippen LogP contribution in [0.3, 0.4) is 0 Å². The smallest absolute Gasteiger partial charge is 0.344 e. The standard InChI is InChI=1S/C15H18F3NS/c1-4-5-8-19-10(2)11(3)20-14-7-6-12(9-13(14)19)15(16,17)18/h6-7,9H,4-5,8H2,1-3H3. The zero-order valence-electron chi connectivity index (χ0n) is 11.8. The number of nitrogens with zero attached hydrogens (tertiary/aromatic N) is 1. The molecule has 0 unspecified atom stereocenters. The fraction of sp³-hybridized carbons (Fsp3) is 0.467. The maximum atomic E-state index is 12.9. The molecule has 0 radical (unpaired) electrons. The van der Waals surface area contributed by atoms with Crippen LogP contribution < -0.4 is 4.90 Å². The molecule has 1 aliphatic rings. The lowest BCUT2D eigenvalue weighted by atomic mass is 10.1. The Kier molecular flexibility index (Phi) is 4.37. The van der Waals surface area contributed by atoms with Gasteiger partial charge >= 0.3 is 6.18 Å². The molecule has 1 aromatic carbocycles. The molecular weight excluding hydrogens is 283 g/mol. The first kappa shape index (κ1) is 15.3. The first-order valence-electron chi connectivity index (χ1n) is 6.68. The summed E-state index contributed by atoms with van der Waals surface area (Å²) in [7, 11) is 0. The van der Waals surface area contributed by atoms with Crippen LogP contribution in [0.5, 0.6) is 0 Å². The van der Waals surface area contributed by atoms with Crippen LogP contribution in [-0.4, -0.2) is 6.54 Å².